The Morgan fingerprint density at radius 2 is 1.76 bits per heavy atom. The van der Waals surface area contributed by atoms with Gasteiger partial charge in [-0.05, 0) is 30.7 Å². The second kappa shape index (κ2) is 7.53. The lowest BCUT2D eigenvalue weighted by Crippen LogP contribution is -2.16. The number of benzene rings is 2. The zero-order chi connectivity index (χ0) is 17.6. The third kappa shape index (κ3) is 3.80. The zero-order valence-corrected chi connectivity index (χ0v) is 13.8. The molecule has 0 saturated carbocycles. The van der Waals surface area contributed by atoms with E-state index < -0.39 is 5.97 Å². The van der Waals surface area contributed by atoms with Crippen LogP contribution in [-0.2, 0) is 9.53 Å². The van der Waals surface area contributed by atoms with E-state index in [4.69, 9.17) is 4.74 Å². The predicted molar refractivity (Wildman–Crippen MR) is 97.1 cm³/mol. The second-order valence-electron chi connectivity index (χ2n) is 5.43. The van der Waals surface area contributed by atoms with Gasteiger partial charge in [0.1, 0.15) is 5.57 Å². The van der Waals surface area contributed by atoms with Crippen LogP contribution >= 0.6 is 0 Å². The Labute approximate surface area is 145 Å². The average molecular weight is 331 g/mol. The van der Waals surface area contributed by atoms with E-state index in [9.17, 15) is 9.59 Å². The lowest BCUT2D eigenvalue weighted by molar-refractivity contribution is -0.137. The summed E-state index contributed by atoms with van der Waals surface area (Å²) in [5.74, 6) is -1.00. The van der Waals surface area contributed by atoms with Crippen LogP contribution in [0.2, 0.25) is 0 Å². The quantitative estimate of drug-likeness (QED) is 0.232. The minimum atomic E-state index is -0.635. The Kier molecular flexibility index (Phi) is 5.00. The zero-order valence-electron chi connectivity index (χ0n) is 13.8. The smallest absolute Gasteiger partial charge is 0.342 e. The van der Waals surface area contributed by atoms with Crippen molar-refractivity contribution in [1.29, 1.82) is 0 Å². The van der Waals surface area contributed by atoms with Gasteiger partial charge in [-0.15, -0.1) is 0 Å². The van der Waals surface area contributed by atoms with Crippen molar-refractivity contribution < 1.29 is 14.3 Å². The van der Waals surface area contributed by atoms with Gasteiger partial charge in [0.05, 0.1) is 12.1 Å². The van der Waals surface area contributed by atoms with Crippen LogP contribution in [0.25, 0.3) is 17.0 Å². The number of nitrogens with zero attached hydrogens (tertiary/aromatic N) is 1. The van der Waals surface area contributed by atoms with Crippen molar-refractivity contribution in [3.8, 4) is 0 Å². The van der Waals surface area contributed by atoms with Crippen molar-refractivity contribution in [1.82, 2.24) is 4.98 Å². The number of hydrogen-bond acceptors (Lipinski definition) is 4. The van der Waals surface area contributed by atoms with Gasteiger partial charge in [-0.25, -0.2) is 4.79 Å². The molecule has 0 aliphatic heterocycles. The number of aromatic nitrogens is 1. The van der Waals surface area contributed by atoms with E-state index in [1.807, 2.05) is 36.4 Å². The number of ether oxygens (including phenoxy) is 1. The summed E-state index contributed by atoms with van der Waals surface area (Å²) < 4.78 is 5.06. The molecule has 0 aliphatic carbocycles. The van der Waals surface area contributed by atoms with Gasteiger partial charge in [0.15, 0.2) is 5.78 Å². The van der Waals surface area contributed by atoms with Crippen molar-refractivity contribution in [2.24, 2.45) is 0 Å². The Hall–Kier alpha value is -3.27. The topological polar surface area (TPSA) is 56.3 Å². The van der Waals surface area contributed by atoms with Gasteiger partial charge >= 0.3 is 5.97 Å². The fourth-order valence-electron chi connectivity index (χ4n) is 2.50. The van der Waals surface area contributed by atoms with E-state index in [2.05, 4.69) is 4.98 Å². The molecule has 0 bridgehead atoms. The predicted octanol–water partition coefficient (Wildman–Crippen LogP) is 4.06. The summed E-state index contributed by atoms with van der Waals surface area (Å²) >= 11 is 0. The average Bonchev–Trinajstić information content (AvgIpc) is 2.66. The number of Topliss-reactive ketones (excluding diaryl/α,β-unsaturated/α-hetero) is 1. The van der Waals surface area contributed by atoms with Gasteiger partial charge in [0.25, 0.3) is 0 Å². The molecule has 3 aromatic rings. The molecule has 25 heavy (non-hydrogen) atoms. The standard InChI is InChI=1S/C21H17NO3/c1-2-25-21(24)18(20(23)16-8-4-3-5-9-16)13-15-12-17-10-6-7-11-19(17)22-14-15/h3-14H,2H2,1H3. The van der Waals surface area contributed by atoms with Crippen molar-refractivity contribution in [3.05, 3.63) is 83.6 Å². The molecule has 0 N–H and O–H groups in total. The number of hydrogen-bond donors (Lipinski definition) is 0. The normalized spacial score (nSPS) is 11.3. The van der Waals surface area contributed by atoms with E-state index in [0.29, 0.717) is 11.1 Å². The molecular formula is C21H17NO3. The summed E-state index contributed by atoms with van der Waals surface area (Å²) in [5.41, 5.74) is 1.96. The van der Waals surface area contributed by atoms with Gasteiger partial charge in [-0.3, -0.25) is 9.78 Å². The van der Waals surface area contributed by atoms with Crippen LogP contribution in [0.3, 0.4) is 0 Å². The molecule has 1 aromatic heterocycles. The van der Waals surface area contributed by atoms with Crippen molar-refractivity contribution in [3.63, 3.8) is 0 Å². The molecular weight excluding hydrogens is 314 g/mol. The van der Waals surface area contributed by atoms with Crippen LogP contribution < -0.4 is 0 Å². The summed E-state index contributed by atoms with van der Waals surface area (Å²) in [4.78, 5) is 29.4. The van der Waals surface area contributed by atoms with Gasteiger partial charge in [-0.1, -0.05) is 48.5 Å². The molecule has 3 rings (SSSR count). The Balaban J connectivity index is 2.04. The summed E-state index contributed by atoms with van der Waals surface area (Å²) in [5, 5.41) is 0.937. The van der Waals surface area contributed by atoms with Crippen LogP contribution in [0, 0.1) is 0 Å². The van der Waals surface area contributed by atoms with Gasteiger partial charge in [-0.2, -0.15) is 0 Å². The summed E-state index contributed by atoms with van der Waals surface area (Å²) in [6, 6.07) is 18.2. The minimum Gasteiger partial charge on any atom is -0.462 e. The first-order valence-corrected chi connectivity index (χ1v) is 8.02. The Bertz CT molecular complexity index is 946. The van der Waals surface area contributed by atoms with E-state index in [1.165, 1.54) is 6.08 Å². The maximum atomic E-state index is 12.7. The van der Waals surface area contributed by atoms with E-state index >= 15 is 0 Å². The summed E-state index contributed by atoms with van der Waals surface area (Å²) in [7, 11) is 0. The van der Waals surface area contributed by atoms with Crippen LogP contribution in [-0.4, -0.2) is 23.3 Å². The van der Waals surface area contributed by atoms with E-state index in [0.717, 1.165) is 10.9 Å². The first-order chi connectivity index (χ1) is 12.2. The molecule has 0 saturated heterocycles. The molecule has 0 atom stereocenters. The lowest BCUT2D eigenvalue weighted by atomic mass is 10.0. The highest BCUT2D eigenvalue weighted by atomic mass is 16.5. The monoisotopic (exact) mass is 331 g/mol. The lowest BCUT2D eigenvalue weighted by Gasteiger charge is -2.07. The summed E-state index contributed by atoms with van der Waals surface area (Å²) in [6.07, 6.45) is 3.17. The van der Waals surface area contributed by atoms with E-state index in [1.54, 1.807) is 37.4 Å². The number of pyridine rings is 1. The molecule has 4 nitrogen and oxygen atoms in total. The Morgan fingerprint density at radius 3 is 2.52 bits per heavy atom. The van der Waals surface area contributed by atoms with Gasteiger partial charge < -0.3 is 4.74 Å². The largest absolute Gasteiger partial charge is 0.462 e. The molecule has 0 unspecified atom stereocenters. The minimum absolute atomic E-state index is 0.00914. The molecule has 0 aliphatic rings. The number of fused-ring (bicyclic) bond motifs is 1. The Morgan fingerprint density at radius 1 is 1.04 bits per heavy atom. The highest BCUT2D eigenvalue weighted by molar-refractivity contribution is 6.26. The molecule has 0 fully saturated rings. The molecule has 1 heterocycles. The fraction of sp³-hybridized carbons (Fsp3) is 0.0952. The fourth-order valence-corrected chi connectivity index (χ4v) is 2.50. The number of para-hydroxylation sites is 1. The van der Waals surface area contributed by atoms with Gasteiger partial charge in [0, 0.05) is 17.1 Å². The van der Waals surface area contributed by atoms with Gasteiger partial charge in [0.2, 0.25) is 0 Å². The van der Waals surface area contributed by atoms with E-state index in [-0.39, 0.29) is 18.0 Å². The first-order valence-electron chi connectivity index (χ1n) is 8.02. The third-order valence-electron chi connectivity index (χ3n) is 3.70. The molecule has 2 aromatic carbocycles. The van der Waals surface area contributed by atoms with Crippen LogP contribution in [0.4, 0.5) is 0 Å². The maximum Gasteiger partial charge on any atom is 0.342 e. The van der Waals surface area contributed by atoms with Crippen molar-refractivity contribution in [2.75, 3.05) is 6.61 Å². The highest BCUT2D eigenvalue weighted by Crippen LogP contribution is 2.18. The molecule has 0 radical (unpaired) electrons. The molecule has 4 heteroatoms. The summed E-state index contributed by atoms with van der Waals surface area (Å²) in [6.45, 7) is 1.91. The number of ketones is 1. The van der Waals surface area contributed by atoms with Crippen LogP contribution in [0.15, 0.2) is 72.4 Å². The molecule has 124 valence electrons. The number of carbonyl (C=O) groups excluding carboxylic acids is 2. The molecule has 0 spiro atoms. The van der Waals surface area contributed by atoms with Crippen LogP contribution in [0.5, 0.6) is 0 Å². The SMILES string of the molecule is CCOC(=O)C(=Cc1cnc2ccccc2c1)C(=O)c1ccccc1. The number of esters is 1. The van der Waals surface area contributed by atoms with Crippen molar-refractivity contribution >= 4 is 28.7 Å². The third-order valence-corrected chi connectivity index (χ3v) is 3.70. The molecule has 0 amide bonds. The first kappa shape index (κ1) is 16.6. The second-order valence-corrected chi connectivity index (χ2v) is 5.43. The highest BCUT2D eigenvalue weighted by Gasteiger charge is 2.21. The number of carbonyl (C=O) groups is 2. The maximum absolute atomic E-state index is 12.7. The van der Waals surface area contributed by atoms with Crippen LogP contribution in [0.1, 0.15) is 22.8 Å². The number of rotatable bonds is 5. The van der Waals surface area contributed by atoms with Crippen molar-refractivity contribution in [2.45, 2.75) is 6.92 Å².